The average molecular weight is 280 g/mol. The number of hydrogen-bond acceptors (Lipinski definition) is 3. The first-order valence-electron chi connectivity index (χ1n) is 5.43. The summed E-state index contributed by atoms with van der Waals surface area (Å²) >= 11 is 0. The van der Waals surface area contributed by atoms with Crippen molar-refractivity contribution >= 4 is 0 Å². The summed E-state index contributed by atoms with van der Waals surface area (Å²) in [6.07, 6.45) is 0. The number of aryl methyl sites for hydroxylation is 2. The molecule has 1 heterocycles. The number of aliphatic hydroxyl groups excluding tert-OH is 3. The van der Waals surface area contributed by atoms with Crippen molar-refractivity contribution in [1.82, 2.24) is 4.98 Å². The van der Waals surface area contributed by atoms with Gasteiger partial charge in [-0.1, -0.05) is 26.0 Å². The van der Waals surface area contributed by atoms with E-state index in [9.17, 15) is 0 Å². The van der Waals surface area contributed by atoms with Gasteiger partial charge in [0, 0.05) is 41.5 Å². The summed E-state index contributed by atoms with van der Waals surface area (Å²) in [5.74, 6) is 0. The standard InChI is InChI=1S/C6H8N.3C2H6O.Ti/c1-5-3-4-6(2)7-5;3*1-2-3;/h3-4H,1-2H3;3*3H,2H2,1H3;/q-1;;;;. The first-order valence-corrected chi connectivity index (χ1v) is 5.43. The molecule has 0 aromatic carbocycles. The molecule has 1 rings (SSSR count). The summed E-state index contributed by atoms with van der Waals surface area (Å²) in [6, 6.07) is 4.02. The van der Waals surface area contributed by atoms with Gasteiger partial charge in [0.2, 0.25) is 0 Å². The van der Waals surface area contributed by atoms with Crippen molar-refractivity contribution in [2.75, 3.05) is 19.8 Å². The second-order valence-corrected chi connectivity index (χ2v) is 2.68. The largest absolute Gasteiger partial charge is 0.665 e. The summed E-state index contributed by atoms with van der Waals surface area (Å²) in [5, 5.41) is 22.7. The molecule has 0 fully saturated rings. The first-order chi connectivity index (χ1) is 7.53. The molecule has 0 aliphatic carbocycles. The van der Waals surface area contributed by atoms with Crippen LogP contribution in [0.2, 0.25) is 0 Å². The number of rotatable bonds is 0. The normalized spacial score (nSPS) is 7.06. The topological polar surface area (TPSA) is 74.8 Å². The van der Waals surface area contributed by atoms with Gasteiger partial charge in [0.05, 0.1) is 0 Å². The second-order valence-electron chi connectivity index (χ2n) is 2.68. The van der Waals surface area contributed by atoms with Gasteiger partial charge in [-0.15, -0.1) is 0 Å². The maximum Gasteiger partial charge on any atom is 0.0402 e. The molecule has 0 aliphatic rings. The minimum atomic E-state index is 0. The Hall–Kier alpha value is -0.126. The van der Waals surface area contributed by atoms with E-state index in [4.69, 9.17) is 15.3 Å². The van der Waals surface area contributed by atoms with E-state index in [-0.39, 0.29) is 41.5 Å². The maximum atomic E-state index is 7.57. The van der Waals surface area contributed by atoms with Gasteiger partial charge >= 0.3 is 0 Å². The summed E-state index contributed by atoms with van der Waals surface area (Å²) in [6.45, 7) is 9.78. The van der Waals surface area contributed by atoms with Crippen LogP contribution in [0.15, 0.2) is 12.1 Å². The Kier molecular flexibility index (Phi) is 37.6. The van der Waals surface area contributed by atoms with Gasteiger partial charge < -0.3 is 20.3 Å². The molecule has 0 radical (unpaired) electrons. The third kappa shape index (κ3) is 38.8. The third-order valence-electron chi connectivity index (χ3n) is 0.918. The molecule has 17 heavy (non-hydrogen) atoms. The minimum Gasteiger partial charge on any atom is -0.665 e. The molecule has 0 saturated carbocycles. The fourth-order valence-electron chi connectivity index (χ4n) is 0.594. The van der Waals surface area contributed by atoms with Crippen molar-refractivity contribution in [2.45, 2.75) is 34.6 Å². The molecule has 1 aromatic heterocycles. The van der Waals surface area contributed by atoms with E-state index in [1.807, 2.05) is 26.0 Å². The Balaban J connectivity index is -0.0000000734. The molecular weight excluding hydrogens is 254 g/mol. The van der Waals surface area contributed by atoms with Crippen LogP contribution in [-0.2, 0) is 21.7 Å². The van der Waals surface area contributed by atoms with E-state index in [1.54, 1.807) is 20.8 Å². The van der Waals surface area contributed by atoms with Crippen molar-refractivity contribution in [3.05, 3.63) is 23.5 Å². The van der Waals surface area contributed by atoms with E-state index in [0.717, 1.165) is 11.4 Å². The van der Waals surface area contributed by atoms with Gasteiger partial charge in [0.15, 0.2) is 0 Å². The van der Waals surface area contributed by atoms with Gasteiger partial charge in [-0.3, -0.25) is 0 Å². The molecule has 5 heteroatoms. The third-order valence-corrected chi connectivity index (χ3v) is 0.918. The van der Waals surface area contributed by atoms with Crippen LogP contribution in [0.5, 0.6) is 0 Å². The Morgan fingerprint density at radius 1 is 0.824 bits per heavy atom. The molecule has 0 amide bonds. The van der Waals surface area contributed by atoms with Crippen LogP contribution < -0.4 is 4.98 Å². The Bertz CT molecular complexity index is 184. The Labute approximate surface area is 120 Å². The summed E-state index contributed by atoms with van der Waals surface area (Å²) in [5.41, 5.74) is 2.22. The van der Waals surface area contributed by atoms with Crippen LogP contribution in [0.25, 0.3) is 0 Å². The van der Waals surface area contributed by atoms with Gasteiger partial charge in [0.1, 0.15) is 0 Å². The SMILES string of the molecule is CCO.CCO.CCO.Cc1ccc(C)[n-]1.[Ti]. The summed E-state index contributed by atoms with van der Waals surface area (Å²) < 4.78 is 0. The van der Waals surface area contributed by atoms with Gasteiger partial charge in [-0.25, -0.2) is 0 Å². The predicted molar refractivity (Wildman–Crippen MR) is 67.5 cm³/mol. The molecule has 102 valence electrons. The van der Waals surface area contributed by atoms with Crippen LogP contribution in [0, 0.1) is 13.8 Å². The van der Waals surface area contributed by atoms with Crippen molar-refractivity contribution in [3.63, 3.8) is 0 Å². The molecule has 3 N–H and O–H groups in total. The molecule has 0 saturated heterocycles. The molecule has 0 bridgehead atoms. The molecule has 0 atom stereocenters. The summed E-state index contributed by atoms with van der Waals surface area (Å²) in [4.78, 5) is 4.11. The molecule has 0 spiro atoms. The monoisotopic (exact) mass is 280 g/mol. The van der Waals surface area contributed by atoms with Crippen LogP contribution in [0.3, 0.4) is 0 Å². The smallest absolute Gasteiger partial charge is 0.0402 e. The number of nitrogens with zero attached hydrogens (tertiary/aromatic N) is 1. The fraction of sp³-hybridized carbons (Fsp3) is 0.667. The van der Waals surface area contributed by atoms with E-state index in [2.05, 4.69) is 4.98 Å². The maximum absolute atomic E-state index is 7.57. The number of hydrogen-bond donors (Lipinski definition) is 3. The Morgan fingerprint density at radius 2 is 1.00 bits per heavy atom. The first kappa shape index (κ1) is 25.7. The second kappa shape index (κ2) is 24.9. The quantitative estimate of drug-likeness (QED) is 0.625. The van der Waals surface area contributed by atoms with Gasteiger partial charge in [0.25, 0.3) is 0 Å². The molecule has 0 aliphatic heterocycles. The molecule has 0 unspecified atom stereocenters. The molecular formula is C12H26NO3Ti-. The van der Waals surface area contributed by atoms with Crippen molar-refractivity contribution in [3.8, 4) is 0 Å². The number of aromatic nitrogens is 1. The predicted octanol–water partition coefficient (Wildman–Crippen LogP) is 1.25. The van der Waals surface area contributed by atoms with Crippen LogP contribution in [0.1, 0.15) is 32.2 Å². The zero-order valence-corrected chi connectivity index (χ0v) is 13.1. The van der Waals surface area contributed by atoms with Crippen molar-refractivity contribution < 1.29 is 37.0 Å². The van der Waals surface area contributed by atoms with Crippen LogP contribution in [-0.4, -0.2) is 35.1 Å². The van der Waals surface area contributed by atoms with Crippen molar-refractivity contribution in [2.24, 2.45) is 0 Å². The van der Waals surface area contributed by atoms with Crippen molar-refractivity contribution in [1.29, 1.82) is 0 Å². The molecule has 4 nitrogen and oxygen atoms in total. The Morgan fingerprint density at radius 3 is 1.06 bits per heavy atom. The van der Waals surface area contributed by atoms with E-state index in [0.29, 0.717) is 0 Å². The fourth-order valence-corrected chi connectivity index (χ4v) is 0.594. The van der Waals surface area contributed by atoms with Gasteiger partial charge in [-0.2, -0.15) is 11.4 Å². The minimum absolute atomic E-state index is 0. The zero-order chi connectivity index (χ0) is 13.4. The van der Waals surface area contributed by atoms with E-state index < -0.39 is 0 Å². The number of aliphatic hydroxyl groups is 3. The van der Waals surface area contributed by atoms with E-state index in [1.165, 1.54) is 0 Å². The average Bonchev–Trinajstić information content (AvgIpc) is 2.54. The van der Waals surface area contributed by atoms with E-state index >= 15 is 0 Å². The van der Waals surface area contributed by atoms with Crippen LogP contribution >= 0.6 is 0 Å². The van der Waals surface area contributed by atoms with Crippen LogP contribution in [0.4, 0.5) is 0 Å². The van der Waals surface area contributed by atoms with Gasteiger partial charge in [-0.05, 0) is 20.8 Å². The molecule has 1 aromatic rings. The zero-order valence-electron chi connectivity index (χ0n) is 11.6. The summed E-state index contributed by atoms with van der Waals surface area (Å²) in [7, 11) is 0.